The molecule has 5 nitrogen and oxygen atoms in total. The predicted molar refractivity (Wildman–Crippen MR) is 66.9 cm³/mol. The molecule has 0 aliphatic carbocycles. The minimum absolute atomic E-state index is 0.0910. The zero-order valence-electron chi connectivity index (χ0n) is 10.4. The summed E-state index contributed by atoms with van der Waals surface area (Å²) >= 11 is 0. The van der Waals surface area contributed by atoms with E-state index in [1.807, 2.05) is 6.07 Å². The maximum absolute atomic E-state index is 12.0. The summed E-state index contributed by atoms with van der Waals surface area (Å²) in [5.74, 6) is 1.24. The van der Waals surface area contributed by atoms with Crippen molar-refractivity contribution in [1.29, 1.82) is 0 Å². The summed E-state index contributed by atoms with van der Waals surface area (Å²) in [6, 6.07) is 1.91. The van der Waals surface area contributed by atoms with Gasteiger partial charge in [0.2, 0.25) is 5.91 Å². The number of hydrogen-bond donors (Lipinski definition) is 3. The number of nitrogens with zero attached hydrogens (tertiary/aromatic N) is 1. The van der Waals surface area contributed by atoms with Crippen molar-refractivity contribution < 1.29 is 4.79 Å². The molecule has 2 heterocycles. The van der Waals surface area contributed by atoms with Crippen LogP contribution in [0.15, 0.2) is 6.07 Å². The van der Waals surface area contributed by atoms with Crippen LogP contribution in [-0.4, -0.2) is 29.2 Å². The molecule has 0 saturated carbocycles. The van der Waals surface area contributed by atoms with Crippen LogP contribution in [0.1, 0.15) is 38.3 Å². The summed E-state index contributed by atoms with van der Waals surface area (Å²) in [6.45, 7) is 6.03. The Kier molecular flexibility index (Phi) is 3.78. The summed E-state index contributed by atoms with van der Waals surface area (Å²) < 4.78 is 0. The Bertz CT molecular complexity index is 380. The molecule has 2 rings (SSSR count). The van der Waals surface area contributed by atoms with E-state index in [2.05, 4.69) is 34.7 Å². The zero-order chi connectivity index (χ0) is 12.3. The molecule has 0 aromatic carbocycles. The molecule has 1 aliphatic heterocycles. The van der Waals surface area contributed by atoms with E-state index in [4.69, 9.17) is 0 Å². The van der Waals surface area contributed by atoms with Gasteiger partial charge in [-0.2, -0.15) is 5.10 Å². The number of nitrogens with one attached hydrogen (secondary N) is 3. The van der Waals surface area contributed by atoms with E-state index >= 15 is 0 Å². The van der Waals surface area contributed by atoms with Gasteiger partial charge in [0.1, 0.15) is 0 Å². The average molecular weight is 236 g/mol. The van der Waals surface area contributed by atoms with Gasteiger partial charge in [0.05, 0.1) is 0 Å². The lowest BCUT2D eigenvalue weighted by atomic mass is 9.97. The first-order valence-electron chi connectivity index (χ1n) is 6.23. The van der Waals surface area contributed by atoms with Crippen molar-refractivity contribution in [2.75, 3.05) is 18.4 Å². The Morgan fingerprint density at radius 2 is 2.18 bits per heavy atom. The Hall–Kier alpha value is -1.36. The fourth-order valence-electron chi connectivity index (χ4n) is 2.01. The van der Waals surface area contributed by atoms with Gasteiger partial charge >= 0.3 is 0 Å². The smallest absolute Gasteiger partial charge is 0.228 e. The van der Waals surface area contributed by atoms with Crippen LogP contribution in [-0.2, 0) is 4.79 Å². The average Bonchev–Trinajstić information content (AvgIpc) is 2.79. The number of aromatic amines is 1. The normalized spacial score (nSPS) is 17.4. The van der Waals surface area contributed by atoms with Crippen molar-refractivity contribution in [2.45, 2.75) is 32.6 Å². The van der Waals surface area contributed by atoms with Gasteiger partial charge in [-0.15, -0.1) is 0 Å². The second kappa shape index (κ2) is 5.31. The van der Waals surface area contributed by atoms with Crippen molar-refractivity contribution in [3.8, 4) is 0 Å². The van der Waals surface area contributed by atoms with Gasteiger partial charge in [-0.05, 0) is 31.8 Å². The molecular formula is C12H20N4O. The van der Waals surface area contributed by atoms with E-state index in [-0.39, 0.29) is 11.8 Å². The number of aromatic nitrogens is 2. The summed E-state index contributed by atoms with van der Waals surface area (Å²) in [5, 5.41) is 13.2. The minimum atomic E-state index is 0.0910. The molecule has 1 fully saturated rings. The first kappa shape index (κ1) is 12.1. The van der Waals surface area contributed by atoms with Gasteiger partial charge in [-0.25, -0.2) is 0 Å². The molecule has 1 aliphatic rings. The number of H-pyrrole nitrogens is 1. The molecule has 1 aromatic heterocycles. The van der Waals surface area contributed by atoms with E-state index in [1.54, 1.807) is 0 Å². The van der Waals surface area contributed by atoms with E-state index in [0.29, 0.717) is 11.7 Å². The molecule has 0 radical (unpaired) electrons. The molecule has 17 heavy (non-hydrogen) atoms. The SMILES string of the molecule is CC(C)c1cc(NC(=O)C2CCNCC2)n[nH]1. The first-order chi connectivity index (χ1) is 8.16. The Morgan fingerprint density at radius 1 is 1.47 bits per heavy atom. The van der Waals surface area contributed by atoms with E-state index < -0.39 is 0 Å². The molecule has 1 aromatic rings. The lowest BCUT2D eigenvalue weighted by Gasteiger charge is -2.21. The van der Waals surface area contributed by atoms with Crippen LogP contribution in [0.2, 0.25) is 0 Å². The van der Waals surface area contributed by atoms with Crippen molar-refractivity contribution in [3.05, 3.63) is 11.8 Å². The quantitative estimate of drug-likeness (QED) is 0.744. The molecule has 0 spiro atoms. The lowest BCUT2D eigenvalue weighted by Crippen LogP contribution is -2.34. The molecule has 1 amide bonds. The van der Waals surface area contributed by atoms with Crippen LogP contribution in [0.5, 0.6) is 0 Å². The van der Waals surface area contributed by atoms with Gasteiger partial charge in [0, 0.05) is 17.7 Å². The van der Waals surface area contributed by atoms with E-state index in [0.717, 1.165) is 31.6 Å². The van der Waals surface area contributed by atoms with Crippen molar-refractivity contribution >= 4 is 11.7 Å². The van der Waals surface area contributed by atoms with Gasteiger partial charge in [-0.1, -0.05) is 13.8 Å². The Morgan fingerprint density at radius 3 is 2.76 bits per heavy atom. The van der Waals surface area contributed by atoms with Crippen LogP contribution in [0.3, 0.4) is 0 Å². The van der Waals surface area contributed by atoms with Gasteiger partial charge in [0.25, 0.3) is 0 Å². The highest BCUT2D eigenvalue weighted by molar-refractivity contribution is 5.91. The number of amides is 1. The summed E-state index contributed by atoms with van der Waals surface area (Å²) in [6.07, 6.45) is 1.82. The molecule has 0 atom stereocenters. The fourth-order valence-corrected chi connectivity index (χ4v) is 2.01. The summed E-state index contributed by atoms with van der Waals surface area (Å²) in [7, 11) is 0. The van der Waals surface area contributed by atoms with Gasteiger partial charge in [0.15, 0.2) is 5.82 Å². The topological polar surface area (TPSA) is 69.8 Å². The number of anilines is 1. The highest BCUT2D eigenvalue weighted by atomic mass is 16.2. The maximum atomic E-state index is 12.0. The molecule has 0 unspecified atom stereocenters. The maximum Gasteiger partial charge on any atom is 0.228 e. The number of rotatable bonds is 3. The molecular weight excluding hydrogens is 216 g/mol. The second-order valence-corrected chi connectivity index (χ2v) is 4.88. The highest BCUT2D eigenvalue weighted by Gasteiger charge is 2.21. The molecule has 1 saturated heterocycles. The van der Waals surface area contributed by atoms with Crippen LogP contribution in [0.4, 0.5) is 5.82 Å². The number of carbonyl (C=O) groups is 1. The standard InChI is InChI=1S/C12H20N4O/c1-8(2)10-7-11(16-15-10)14-12(17)9-3-5-13-6-4-9/h7-9,13H,3-6H2,1-2H3,(H2,14,15,16,17). The highest BCUT2D eigenvalue weighted by Crippen LogP contribution is 2.17. The number of carbonyl (C=O) groups excluding carboxylic acids is 1. The van der Waals surface area contributed by atoms with Crippen LogP contribution in [0.25, 0.3) is 0 Å². The molecule has 3 N–H and O–H groups in total. The zero-order valence-corrected chi connectivity index (χ0v) is 10.4. The Labute approximate surface area is 101 Å². The second-order valence-electron chi connectivity index (χ2n) is 4.88. The fraction of sp³-hybridized carbons (Fsp3) is 0.667. The minimum Gasteiger partial charge on any atom is -0.317 e. The summed E-state index contributed by atoms with van der Waals surface area (Å²) in [4.78, 5) is 12.0. The number of piperidine rings is 1. The Balaban J connectivity index is 1.92. The molecule has 0 bridgehead atoms. The van der Waals surface area contributed by atoms with Crippen molar-refractivity contribution in [3.63, 3.8) is 0 Å². The van der Waals surface area contributed by atoms with Gasteiger partial charge < -0.3 is 10.6 Å². The third-order valence-corrected chi connectivity index (χ3v) is 3.18. The first-order valence-corrected chi connectivity index (χ1v) is 6.23. The van der Waals surface area contributed by atoms with Crippen molar-refractivity contribution in [2.24, 2.45) is 5.92 Å². The third-order valence-electron chi connectivity index (χ3n) is 3.18. The predicted octanol–water partition coefficient (Wildman–Crippen LogP) is 1.47. The number of hydrogen-bond acceptors (Lipinski definition) is 3. The monoisotopic (exact) mass is 236 g/mol. The van der Waals surface area contributed by atoms with Crippen LogP contribution in [0, 0.1) is 5.92 Å². The van der Waals surface area contributed by atoms with Crippen LogP contribution >= 0.6 is 0 Å². The third kappa shape index (κ3) is 3.06. The molecule has 5 heteroatoms. The summed E-state index contributed by atoms with van der Waals surface area (Å²) in [5.41, 5.74) is 1.05. The van der Waals surface area contributed by atoms with Gasteiger partial charge in [-0.3, -0.25) is 9.89 Å². The van der Waals surface area contributed by atoms with E-state index in [1.165, 1.54) is 0 Å². The van der Waals surface area contributed by atoms with Crippen molar-refractivity contribution in [1.82, 2.24) is 15.5 Å². The largest absolute Gasteiger partial charge is 0.317 e. The lowest BCUT2D eigenvalue weighted by molar-refractivity contribution is -0.120. The molecule has 94 valence electrons. The van der Waals surface area contributed by atoms with E-state index in [9.17, 15) is 4.79 Å². The van der Waals surface area contributed by atoms with Crippen LogP contribution < -0.4 is 10.6 Å².